The second-order valence-electron chi connectivity index (χ2n) is 8.69. The maximum absolute atomic E-state index is 11.4. The summed E-state index contributed by atoms with van der Waals surface area (Å²) in [6, 6.07) is 0. The zero-order valence-corrected chi connectivity index (χ0v) is 15.9. The van der Waals surface area contributed by atoms with Crippen molar-refractivity contribution >= 4 is 5.97 Å². The van der Waals surface area contributed by atoms with Gasteiger partial charge >= 0.3 is 5.97 Å². The number of allylic oxidation sites excluding steroid dienone is 3. The van der Waals surface area contributed by atoms with Crippen LogP contribution in [0.2, 0.25) is 0 Å². The van der Waals surface area contributed by atoms with Crippen molar-refractivity contribution in [3.05, 3.63) is 23.3 Å². The van der Waals surface area contributed by atoms with E-state index in [9.17, 15) is 4.79 Å². The van der Waals surface area contributed by atoms with Gasteiger partial charge < -0.3 is 4.74 Å². The minimum absolute atomic E-state index is 0.235. The first-order valence-electron chi connectivity index (χ1n) is 9.12. The van der Waals surface area contributed by atoms with Gasteiger partial charge in [0.25, 0.3) is 0 Å². The molecule has 0 radical (unpaired) electrons. The number of carbonyl (C=O) groups excluding carboxylic acids is 1. The molecule has 2 aliphatic rings. The lowest BCUT2D eigenvalue weighted by molar-refractivity contribution is -0.134. The van der Waals surface area contributed by atoms with Crippen LogP contribution >= 0.6 is 0 Å². The summed E-state index contributed by atoms with van der Waals surface area (Å²) >= 11 is 0. The van der Waals surface area contributed by atoms with Gasteiger partial charge in [0.1, 0.15) is 0 Å². The highest BCUT2D eigenvalue weighted by molar-refractivity contribution is 5.82. The van der Waals surface area contributed by atoms with Crippen LogP contribution in [-0.4, -0.2) is 13.1 Å². The molecule has 0 aromatic carbocycles. The fourth-order valence-electron chi connectivity index (χ4n) is 5.40. The van der Waals surface area contributed by atoms with Gasteiger partial charge in [0, 0.05) is 6.08 Å². The van der Waals surface area contributed by atoms with Gasteiger partial charge in [-0.05, 0) is 68.6 Å². The average molecular weight is 319 g/mol. The van der Waals surface area contributed by atoms with Crippen molar-refractivity contribution in [1.82, 2.24) is 0 Å². The first-order chi connectivity index (χ1) is 10.7. The molecule has 23 heavy (non-hydrogen) atoms. The van der Waals surface area contributed by atoms with E-state index in [1.165, 1.54) is 32.8 Å². The first-order valence-corrected chi connectivity index (χ1v) is 9.12. The Kier molecular flexibility index (Phi) is 5.43. The zero-order valence-electron chi connectivity index (χ0n) is 15.9. The molecule has 2 aliphatic carbocycles. The SMILES string of the molecule is COC(=O)/C=C(/C)CC[C@H]1C(C)=CC[C@H]2C(C)(C)CCC[C@]12C. The lowest BCUT2D eigenvalue weighted by Crippen LogP contribution is -2.48. The van der Waals surface area contributed by atoms with Gasteiger partial charge in [0.2, 0.25) is 0 Å². The van der Waals surface area contributed by atoms with E-state index in [-0.39, 0.29) is 5.97 Å². The molecule has 2 rings (SSSR count). The van der Waals surface area contributed by atoms with Crippen LogP contribution in [-0.2, 0) is 9.53 Å². The number of hydrogen-bond donors (Lipinski definition) is 0. The topological polar surface area (TPSA) is 26.3 Å². The molecule has 2 nitrogen and oxygen atoms in total. The predicted molar refractivity (Wildman–Crippen MR) is 96.1 cm³/mol. The van der Waals surface area contributed by atoms with E-state index < -0.39 is 0 Å². The van der Waals surface area contributed by atoms with Crippen LogP contribution in [0.15, 0.2) is 23.3 Å². The van der Waals surface area contributed by atoms with E-state index >= 15 is 0 Å². The third kappa shape index (κ3) is 3.72. The molecule has 0 aromatic heterocycles. The number of rotatable bonds is 4. The lowest BCUT2D eigenvalue weighted by Gasteiger charge is -2.57. The molecule has 0 aliphatic heterocycles. The van der Waals surface area contributed by atoms with Crippen LogP contribution in [0.3, 0.4) is 0 Å². The Morgan fingerprint density at radius 2 is 2.04 bits per heavy atom. The summed E-state index contributed by atoms with van der Waals surface area (Å²) in [5, 5.41) is 0. The number of carbonyl (C=O) groups is 1. The summed E-state index contributed by atoms with van der Waals surface area (Å²) in [4.78, 5) is 11.4. The second-order valence-corrected chi connectivity index (χ2v) is 8.69. The summed E-state index contributed by atoms with van der Waals surface area (Å²) in [5.74, 6) is 1.19. The Labute approximate surface area is 142 Å². The second kappa shape index (κ2) is 6.83. The highest BCUT2D eigenvalue weighted by Gasteiger charge is 2.51. The van der Waals surface area contributed by atoms with E-state index in [0.29, 0.717) is 16.7 Å². The molecule has 0 unspecified atom stereocenters. The Hall–Kier alpha value is -1.05. The van der Waals surface area contributed by atoms with Crippen molar-refractivity contribution in [3.63, 3.8) is 0 Å². The number of hydrogen-bond acceptors (Lipinski definition) is 2. The molecular weight excluding hydrogens is 284 g/mol. The Morgan fingerprint density at radius 1 is 1.35 bits per heavy atom. The monoisotopic (exact) mass is 318 g/mol. The minimum Gasteiger partial charge on any atom is -0.466 e. The predicted octanol–water partition coefficient (Wildman–Crippen LogP) is 5.68. The quantitative estimate of drug-likeness (QED) is 0.378. The molecule has 0 N–H and O–H groups in total. The molecule has 0 saturated heterocycles. The summed E-state index contributed by atoms with van der Waals surface area (Å²) in [5.41, 5.74) is 3.55. The lowest BCUT2D eigenvalue weighted by atomic mass is 9.48. The third-order valence-corrected chi connectivity index (χ3v) is 6.69. The molecular formula is C21H34O2. The fraction of sp³-hybridized carbons (Fsp3) is 0.762. The first kappa shape index (κ1) is 18.3. The maximum atomic E-state index is 11.4. The Bertz CT molecular complexity index is 512. The van der Waals surface area contributed by atoms with E-state index in [0.717, 1.165) is 24.3 Å². The van der Waals surface area contributed by atoms with Gasteiger partial charge in [0.15, 0.2) is 0 Å². The summed E-state index contributed by atoms with van der Waals surface area (Å²) in [6.07, 6.45) is 11.5. The van der Waals surface area contributed by atoms with Crippen LogP contribution in [0.1, 0.15) is 73.1 Å². The van der Waals surface area contributed by atoms with Crippen LogP contribution in [0, 0.1) is 22.7 Å². The Morgan fingerprint density at radius 3 is 2.70 bits per heavy atom. The van der Waals surface area contributed by atoms with E-state index in [4.69, 9.17) is 4.74 Å². The molecule has 1 fully saturated rings. The smallest absolute Gasteiger partial charge is 0.330 e. The average Bonchev–Trinajstić information content (AvgIpc) is 2.45. The van der Waals surface area contributed by atoms with Crippen LogP contribution in [0.25, 0.3) is 0 Å². The molecule has 2 heteroatoms. The van der Waals surface area contributed by atoms with Crippen molar-refractivity contribution in [2.24, 2.45) is 22.7 Å². The normalized spacial score (nSPS) is 33.7. The highest BCUT2D eigenvalue weighted by Crippen LogP contribution is 2.60. The summed E-state index contributed by atoms with van der Waals surface area (Å²) in [7, 11) is 1.44. The molecule has 0 amide bonds. The summed E-state index contributed by atoms with van der Waals surface area (Å²) < 4.78 is 4.74. The zero-order chi connectivity index (χ0) is 17.3. The van der Waals surface area contributed by atoms with E-state index in [1.807, 2.05) is 6.92 Å². The number of ether oxygens (including phenoxy) is 1. The largest absolute Gasteiger partial charge is 0.466 e. The molecule has 3 atom stereocenters. The summed E-state index contributed by atoms with van der Waals surface area (Å²) in [6.45, 7) is 11.8. The molecule has 0 spiro atoms. The minimum atomic E-state index is -0.235. The Balaban J connectivity index is 2.16. The van der Waals surface area contributed by atoms with Gasteiger partial charge in [-0.25, -0.2) is 4.79 Å². The van der Waals surface area contributed by atoms with Crippen LogP contribution in [0.5, 0.6) is 0 Å². The number of esters is 1. The number of methoxy groups -OCH3 is 1. The van der Waals surface area contributed by atoms with Crippen LogP contribution in [0.4, 0.5) is 0 Å². The van der Waals surface area contributed by atoms with Gasteiger partial charge in [-0.2, -0.15) is 0 Å². The van der Waals surface area contributed by atoms with E-state index in [1.54, 1.807) is 11.6 Å². The molecule has 0 bridgehead atoms. The molecule has 1 saturated carbocycles. The number of fused-ring (bicyclic) bond motifs is 1. The van der Waals surface area contributed by atoms with Gasteiger partial charge in [-0.3, -0.25) is 0 Å². The highest BCUT2D eigenvalue weighted by atomic mass is 16.5. The van der Waals surface area contributed by atoms with Gasteiger partial charge in [-0.15, -0.1) is 0 Å². The van der Waals surface area contributed by atoms with Gasteiger partial charge in [0.05, 0.1) is 7.11 Å². The maximum Gasteiger partial charge on any atom is 0.330 e. The van der Waals surface area contributed by atoms with Crippen molar-refractivity contribution in [1.29, 1.82) is 0 Å². The van der Waals surface area contributed by atoms with Crippen molar-refractivity contribution in [3.8, 4) is 0 Å². The van der Waals surface area contributed by atoms with Crippen LogP contribution < -0.4 is 0 Å². The van der Waals surface area contributed by atoms with E-state index in [2.05, 4.69) is 33.8 Å². The van der Waals surface area contributed by atoms with Crippen molar-refractivity contribution in [2.45, 2.75) is 73.1 Å². The fourth-order valence-corrected chi connectivity index (χ4v) is 5.40. The van der Waals surface area contributed by atoms with Crippen molar-refractivity contribution in [2.75, 3.05) is 7.11 Å². The molecule has 0 aromatic rings. The molecule has 0 heterocycles. The standard InChI is InChI=1S/C21H34O2/c1-15(14-19(22)23-6)8-10-17-16(2)9-11-18-20(3,4)12-7-13-21(17,18)5/h9,14,17-18H,7-8,10-13H2,1-6H3/b15-14-/t17-,18-,21+/m0/s1. The van der Waals surface area contributed by atoms with Crippen molar-refractivity contribution < 1.29 is 9.53 Å². The molecule has 130 valence electrons. The third-order valence-electron chi connectivity index (χ3n) is 6.69. The van der Waals surface area contributed by atoms with Gasteiger partial charge in [-0.1, -0.05) is 44.4 Å².